The molecule has 6 rings (SSSR count). The van der Waals surface area contributed by atoms with Gasteiger partial charge in [0.1, 0.15) is 21.3 Å². The van der Waals surface area contributed by atoms with Gasteiger partial charge in [0.2, 0.25) is 12.7 Å². The molecule has 0 atom stereocenters. The van der Waals surface area contributed by atoms with Crippen LogP contribution in [0.25, 0.3) is 11.7 Å². The highest BCUT2D eigenvalue weighted by Gasteiger charge is 2.33. The number of hydrogen-bond acceptors (Lipinski definition) is 8. The first-order chi connectivity index (χ1) is 18.8. The number of thiocarbonyl (C=S) groups is 1. The van der Waals surface area contributed by atoms with Gasteiger partial charge in [-0.25, -0.2) is 0 Å². The second kappa shape index (κ2) is 10.0. The van der Waals surface area contributed by atoms with E-state index in [2.05, 4.69) is 4.98 Å². The number of hydrogen-bond donors (Lipinski definition) is 0. The number of halogens is 1. The van der Waals surface area contributed by atoms with Gasteiger partial charge in [0.25, 0.3) is 11.5 Å². The number of aryl methyl sites for hydroxylation is 2. The van der Waals surface area contributed by atoms with Crippen LogP contribution in [-0.2, 0) is 11.3 Å². The van der Waals surface area contributed by atoms with E-state index in [-0.39, 0.29) is 36.2 Å². The SMILES string of the molecule is Cc1cc(Oc2nc3c(C)cccn3c(=O)c2/C=C2/SC(=S)N(Cc3ccc4c(c3)OCO4)C2=O)ccc1Cl. The summed E-state index contributed by atoms with van der Waals surface area (Å²) in [6, 6.07) is 14.3. The maximum absolute atomic E-state index is 13.7. The third-order valence-corrected chi connectivity index (χ3v) is 8.12. The Kier molecular flexibility index (Phi) is 6.54. The lowest BCUT2D eigenvalue weighted by Crippen LogP contribution is -2.27. The summed E-state index contributed by atoms with van der Waals surface area (Å²) in [5, 5.41) is 0.594. The van der Waals surface area contributed by atoms with E-state index in [1.54, 1.807) is 36.5 Å². The molecule has 1 fully saturated rings. The molecule has 2 aromatic heterocycles. The lowest BCUT2D eigenvalue weighted by atomic mass is 10.2. The summed E-state index contributed by atoms with van der Waals surface area (Å²) in [7, 11) is 0. The van der Waals surface area contributed by atoms with Crippen molar-refractivity contribution < 1.29 is 19.0 Å². The molecule has 0 radical (unpaired) electrons. The summed E-state index contributed by atoms with van der Waals surface area (Å²) < 4.78 is 18.7. The minimum absolute atomic E-state index is 0.0806. The zero-order valence-electron chi connectivity index (χ0n) is 20.8. The highest BCUT2D eigenvalue weighted by Crippen LogP contribution is 2.37. The van der Waals surface area contributed by atoms with Crippen LogP contribution in [-0.4, -0.2) is 31.3 Å². The third-order valence-electron chi connectivity index (χ3n) is 6.32. The molecule has 2 aromatic carbocycles. The number of amides is 1. The predicted molar refractivity (Wildman–Crippen MR) is 154 cm³/mol. The predicted octanol–water partition coefficient (Wildman–Crippen LogP) is 5.89. The molecule has 0 unspecified atom stereocenters. The number of ether oxygens (including phenoxy) is 3. The first-order valence-corrected chi connectivity index (χ1v) is 13.5. The van der Waals surface area contributed by atoms with Crippen molar-refractivity contribution >= 4 is 57.5 Å². The van der Waals surface area contributed by atoms with Gasteiger partial charge in [-0.05, 0) is 73.0 Å². The summed E-state index contributed by atoms with van der Waals surface area (Å²) in [5.41, 5.74) is 2.67. The fraction of sp³-hybridized carbons (Fsp3) is 0.143. The van der Waals surface area contributed by atoms with E-state index < -0.39 is 0 Å². The van der Waals surface area contributed by atoms with Crippen molar-refractivity contribution in [1.29, 1.82) is 0 Å². The maximum atomic E-state index is 13.7. The molecule has 1 saturated heterocycles. The molecular formula is C28H20ClN3O5S2. The van der Waals surface area contributed by atoms with Crippen LogP contribution in [0.5, 0.6) is 23.1 Å². The number of pyridine rings is 1. The monoisotopic (exact) mass is 577 g/mol. The fourth-order valence-electron chi connectivity index (χ4n) is 4.27. The maximum Gasteiger partial charge on any atom is 0.269 e. The van der Waals surface area contributed by atoms with E-state index >= 15 is 0 Å². The van der Waals surface area contributed by atoms with Gasteiger partial charge in [0.15, 0.2) is 11.5 Å². The topological polar surface area (TPSA) is 82.4 Å². The van der Waals surface area contributed by atoms with Gasteiger partial charge in [-0.2, -0.15) is 4.98 Å². The van der Waals surface area contributed by atoms with Crippen molar-refractivity contribution in [2.45, 2.75) is 20.4 Å². The van der Waals surface area contributed by atoms with Gasteiger partial charge in [-0.1, -0.05) is 47.7 Å². The van der Waals surface area contributed by atoms with E-state index in [9.17, 15) is 9.59 Å². The Bertz CT molecular complexity index is 1790. The number of nitrogens with zero attached hydrogens (tertiary/aromatic N) is 3. The Morgan fingerprint density at radius 3 is 2.74 bits per heavy atom. The fourth-order valence-corrected chi connectivity index (χ4v) is 5.63. The number of aromatic nitrogens is 2. The van der Waals surface area contributed by atoms with Gasteiger partial charge in [0.05, 0.1) is 11.4 Å². The second-order valence-corrected chi connectivity index (χ2v) is 11.1. The van der Waals surface area contributed by atoms with Crippen LogP contribution < -0.4 is 19.8 Å². The van der Waals surface area contributed by atoms with E-state index in [1.165, 1.54) is 15.4 Å². The molecule has 0 bridgehead atoms. The van der Waals surface area contributed by atoms with E-state index in [0.717, 1.165) is 28.5 Å². The van der Waals surface area contributed by atoms with Gasteiger partial charge in [-0.3, -0.25) is 18.9 Å². The van der Waals surface area contributed by atoms with E-state index in [0.29, 0.717) is 37.1 Å². The highest BCUT2D eigenvalue weighted by molar-refractivity contribution is 8.26. The Morgan fingerprint density at radius 1 is 1.10 bits per heavy atom. The lowest BCUT2D eigenvalue weighted by Gasteiger charge is -2.15. The molecule has 0 N–H and O–H groups in total. The molecule has 196 valence electrons. The zero-order chi connectivity index (χ0) is 27.3. The van der Waals surface area contributed by atoms with Crippen molar-refractivity contribution in [3.05, 3.63) is 97.3 Å². The molecule has 1 amide bonds. The number of carbonyl (C=O) groups is 1. The van der Waals surface area contributed by atoms with Crippen molar-refractivity contribution in [3.8, 4) is 23.1 Å². The van der Waals surface area contributed by atoms with Crippen LogP contribution >= 0.6 is 35.6 Å². The lowest BCUT2D eigenvalue weighted by molar-refractivity contribution is -0.122. The van der Waals surface area contributed by atoms with Crippen molar-refractivity contribution in [3.63, 3.8) is 0 Å². The second-order valence-electron chi connectivity index (χ2n) is 8.99. The van der Waals surface area contributed by atoms with Crippen LogP contribution in [0.2, 0.25) is 5.02 Å². The Labute approximate surface area is 237 Å². The number of thioether (sulfide) groups is 1. The molecule has 11 heteroatoms. The van der Waals surface area contributed by atoms with Gasteiger partial charge >= 0.3 is 0 Å². The van der Waals surface area contributed by atoms with Crippen LogP contribution in [0.3, 0.4) is 0 Å². The van der Waals surface area contributed by atoms with Crippen LogP contribution in [0, 0.1) is 13.8 Å². The van der Waals surface area contributed by atoms with Gasteiger partial charge in [-0.15, -0.1) is 0 Å². The average molecular weight is 578 g/mol. The zero-order valence-corrected chi connectivity index (χ0v) is 23.2. The molecule has 0 aliphatic carbocycles. The van der Waals surface area contributed by atoms with Gasteiger partial charge < -0.3 is 14.2 Å². The molecule has 2 aliphatic rings. The summed E-state index contributed by atoms with van der Waals surface area (Å²) in [4.78, 5) is 33.5. The number of rotatable bonds is 5. The Hall–Kier alpha value is -3.86. The quantitative estimate of drug-likeness (QED) is 0.215. The van der Waals surface area contributed by atoms with E-state index in [4.69, 9.17) is 38.0 Å². The number of benzene rings is 2. The Balaban J connectivity index is 1.39. The molecule has 4 heterocycles. The van der Waals surface area contributed by atoms with Gasteiger partial charge in [0, 0.05) is 11.2 Å². The van der Waals surface area contributed by atoms with Crippen LogP contribution in [0.1, 0.15) is 22.3 Å². The number of carbonyl (C=O) groups excluding carboxylic acids is 1. The standard InChI is InChI=1S/C28H20ClN3O5S2/c1-15-4-3-9-31-24(15)30-25(37-18-6-7-20(29)16(2)10-18)19(26(31)33)12-23-27(34)32(28(38)39-23)13-17-5-8-21-22(11-17)36-14-35-21/h3-12H,13-14H2,1-2H3/b23-12+. The summed E-state index contributed by atoms with van der Waals surface area (Å²) in [6.07, 6.45) is 3.14. The van der Waals surface area contributed by atoms with Crippen LogP contribution in [0.4, 0.5) is 0 Å². The number of fused-ring (bicyclic) bond motifs is 2. The molecule has 0 spiro atoms. The van der Waals surface area contributed by atoms with Crippen molar-refractivity contribution in [2.24, 2.45) is 0 Å². The summed E-state index contributed by atoms with van der Waals surface area (Å²) in [6.45, 7) is 4.13. The molecule has 0 saturated carbocycles. The summed E-state index contributed by atoms with van der Waals surface area (Å²) in [5.74, 6) is 1.51. The smallest absolute Gasteiger partial charge is 0.269 e. The third kappa shape index (κ3) is 4.75. The minimum Gasteiger partial charge on any atom is -0.454 e. The first-order valence-electron chi connectivity index (χ1n) is 11.9. The van der Waals surface area contributed by atoms with Crippen LogP contribution in [0.15, 0.2) is 64.4 Å². The minimum atomic E-state index is -0.370. The molecule has 2 aliphatic heterocycles. The Morgan fingerprint density at radius 2 is 1.92 bits per heavy atom. The molecule has 4 aromatic rings. The van der Waals surface area contributed by atoms with Crippen molar-refractivity contribution in [1.82, 2.24) is 14.3 Å². The molecular weight excluding hydrogens is 558 g/mol. The first kappa shape index (κ1) is 25.4. The largest absolute Gasteiger partial charge is 0.454 e. The average Bonchev–Trinajstić information content (AvgIpc) is 3.48. The van der Waals surface area contributed by atoms with Crippen molar-refractivity contribution in [2.75, 3.05) is 6.79 Å². The highest BCUT2D eigenvalue weighted by atomic mass is 35.5. The molecule has 39 heavy (non-hydrogen) atoms. The molecule has 8 nitrogen and oxygen atoms in total. The summed E-state index contributed by atoms with van der Waals surface area (Å²) >= 11 is 12.8. The normalized spacial score (nSPS) is 15.6. The van der Waals surface area contributed by atoms with E-state index in [1.807, 2.05) is 32.0 Å².